The third-order valence-electron chi connectivity index (χ3n) is 3.73. The maximum atomic E-state index is 12.1. The van der Waals surface area contributed by atoms with Gasteiger partial charge in [0.15, 0.2) is 4.34 Å². The lowest BCUT2D eigenvalue weighted by molar-refractivity contribution is 0.127. The number of carbonyl (C=O) groups excluding carboxylic acids is 2. The molecule has 1 aromatic rings. The van der Waals surface area contributed by atoms with E-state index in [0.717, 1.165) is 21.5 Å². The molecule has 3 amide bonds. The molecule has 0 radical (unpaired) electrons. The molecule has 2 fully saturated rings. The lowest BCUT2D eigenvalue weighted by Gasteiger charge is -2.35. The molecule has 2 saturated heterocycles. The van der Waals surface area contributed by atoms with Crippen molar-refractivity contribution in [3.8, 4) is 0 Å². The molecule has 0 aliphatic carbocycles. The normalized spacial score (nSPS) is 20.4. The monoisotopic (exact) mass is 357 g/mol. The zero-order valence-corrected chi connectivity index (χ0v) is 14.5. The summed E-state index contributed by atoms with van der Waals surface area (Å²) in [5, 5.41) is 11.9. The quantitative estimate of drug-likeness (QED) is 0.629. The van der Waals surface area contributed by atoms with Crippen molar-refractivity contribution in [1.29, 1.82) is 0 Å². The highest BCUT2D eigenvalue weighted by Crippen LogP contribution is 2.22. The molecule has 0 unspecified atom stereocenters. The van der Waals surface area contributed by atoms with Crippen LogP contribution in [0, 0.1) is 6.92 Å². The topological polar surface area (TPSA) is 87.7 Å². The first-order valence-corrected chi connectivity index (χ1v) is 9.33. The number of fused-ring (bicyclic) bond motifs is 1. The van der Waals surface area contributed by atoms with Gasteiger partial charge in [-0.3, -0.25) is 4.90 Å². The van der Waals surface area contributed by atoms with E-state index < -0.39 is 0 Å². The van der Waals surface area contributed by atoms with Crippen molar-refractivity contribution in [2.45, 2.75) is 23.7 Å². The second kappa shape index (κ2) is 7.35. The van der Waals surface area contributed by atoms with E-state index in [1.165, 1.54) is 0 Å². The van der Waals surface area contributed by atoms with E-state index in [1.54, 1.807) is 32.9 Å². The van der Waals surface area contributed by atoms with Crippen LogP contribution in [0.25, 0.3) is 0 Å². The Morgan fingerprint density at radius 3 is 3.13 bits per heavy atom. The molecule has 2 aliphatic rings. The molecule has 0 aromatic carbocycles. The van der Waals surface area contributed by atoms with Crippen LogP contribution in [-0.4, -0.2) is 76.7 Å². The average Bonchev–Trinajstić information content (AvgIpc) is 3.13. The van der Waals surface area contributed by atoms with Crippen LogP contribution in [0.4, 0.5) is 9.59 Å². The Hall–Kier alpha value is -1.55. The van der Waals surface area contributed by atoms with Crippen molar-refractivity contribution < 1.29 is 14.3 Å². The van der Waals surface area contributed by atoms with Gasteiger partial charge in [0.05, 0.1) is 6.04 Å². The second-order valence-corrected chi connectivity index (χ2v) is 7.91. The van der Waals surface area contributed by atoms with Gasteiger partial charge in [-0.2, -0.15) is 0 Å². The average molecular weight is 357 g/mol. The molecule has 1 atom stereocenters. The largest absolute Gasteiger partial charge is 0.447 e. The van der Waals surface area contributed by atoms with Gasteiger partial charge < -0.3 is 15.0 Å². The van der Waals surface area contributed by atoms with Gasteiger partial charge in [-0.15, -0.1) is 10.2 Å². The van der Waals surface area contributed by atoms with Gasteiger partial charge in [-0.1, -0.05) is 23.1 Å². The summed E-state index contributed by atoms with van der Waals surface area (Å²) in [5.41, 5.74) is 0. The lowest BCUT2D eigenvalue weighted by Crippen LogP contribution is -2.56. The fourth-order valence-electron chi connectivity index (χ4n) is 2.55. The highest BCUT2D eigenvalue weighted by atomic mass is 32.2. The molecular weight excluding hydrogens is 338 g/mol. The third-order valence-corrected chi connectivity index (χ3v) is 5.79. The molecule has 0 bridgehead atoms. The van der Waals surface area contributed by atoms with E-state index in [9.17, 15) is 9.59 Å². The van der Waals surface area contributed by atoms with Gasteiger partial charge >= 0.3 is 12.1 Å². The van der Waals surface area contributed by atoms with Gasteiger partial charge in [0.1, 0.15) is 11.6 Å². The molecule has 126 valence electrons. The van der Waals surface area contributed by atoms with Gasteiger partial charge in [0, 0.05) is 31.9 Å². The third kappa shape index (κ3) is 4.05. The van der Waals surface area contributed by atoms with E-state index in [0.29, 0.717) is 32.8 Å². The van der Waals surface area contributed by atoms with Crippen LogP contribution in [0.5, 0.6) is 0 Å². The van der Waals surface area contributed by atoms with E-state index in [-0.39, 0.29) is 18.2 Å². The van der Waals surface area contributed by atoms with Gasteiger partial charge in [-0.25, -0.2) is 9.59 Å². The Kier molecular flexibility index (Phi) is 5.21. The predicted octanol–water partition coefficient (Wildman–Crippen LogP) is 1.17. The molecule has 23 heavy (non-hydrogen) atoms. The molecule has 1 aromatic heterocycles. The Bertz CT molecular complexity index is 582. The first-order valence-electron chi connectivity index (χ1n) is 7.52. The number of aryl methyl sites for hydroxylation is 1. The summed E-state index contributed by atoms with van der Waals surface area (Å²) in [6.45, 7) is 4.57. The minimum Gasteiger partial charge on any atom is -0.447 e. The summed E-state index contributed by atoms with van der Waals surface area (Å²) in [4.78, 5) is 27.0. The number of urea groups is 1. The molecule has 8 nitrogen and oxygen atoms in total. The fourth-order valence-corrected chi connectivity index (χ4v) is 4.37. The van der Waals surface area contributed by atoms with Crippen LogP contribution in [0.3, 0.4) is 0 Å². The molecule has 1 N–H and O–H groups in total. The van der Waals surface area contributed by atoms with Gasteiger partial charge in [0.2, 0.25) is 0 Å². The van der Waals surface area contributed by atoms with Crippen LogP contribution in [-0.2, 0) is 4.74 Å². The van der Waals surface area contributed by atoms with Crippen molar-refractivity contribution in [2.24, 2.45) is 0 Å². The predicted molar refractivity (Wildman–Crippen MR) is 86.8 cm³/mol. The molecule has 0 saturated carbocycles. The first kappa shape index (κ1) is 16.3. The number of aromatic nitrogens is 2. The number of thioether (sulfide) groups is 1. The Balaban J connectivity index is 1.33. The van der Waals surface area contributed by atoms with E-state index >= 15 is 0 Å². The number of rotatable bonds is 5. The maximum Gasteiger partial charge on any atom is 0.410 e. The summed E-state index contributed by atoms with van der Waals surface area (Å²) in [6, 6.07) is -0.0704. The minimum atomic E-state index is -0.265. The van der Waals surface area contributed by atoms with Crippen molar-refractivity contribution in [2.75, 3.05) is 38.5 Å². The summed E-state index contributed by atoms with van der Waals surface area (Å²) < 4.78 is 5.97. The number of hydrogen-bond donors (Lipinski definition) is 1. The number of carbonyl (C=O) groups is 2. The summed E-state index contributed by atoms with van der Waals surface area (Å²) >= 11 is 3.25. The first-order chi connectivity index (χ1) is 11.1. The Morgan fingerprint density at radius 1 is 1.48 bits per heavy atom. The maximum absolute atomic E-state index is 12.1. The van der Waals surface area contributed by atoms with E-state index in [2.05, 4.69) is 15.5 Å². The van der Waals surface area contributed by atoms with Gasteiger partial charge in [0.25, 0.3) is 0 Å². The van der Waals surface area contributed by atoms with E-state index in [1.807, 2.05) is 6.92 Å². The van der Waals surface area contributed by atoms with Crippen LogP contribution in [0.2, 0.25) is 0 Å². The number of ether oxygens (including phenoxy) is 1. The SMILES string of the molecule is Cc1nnc(SCCCNC(=O)N2CCN3C(=O)OC[C@H]3C2)s1. The van der Waals surface area contributed by atoms with Crippen LogP contribution in [0.1, 0.15) is 11.4 Å². The lowest BCUT2D eigenvalue weighted by atomic mass is 10.2. The van der Waals surface area contributed by atoms with Crippen molar-refractivity contribution in [3.05, 3.63) is 5.01 Å². The molecule has 3 rings (SSSR count). The number of cyclic esters (lactones) is 1. The second-order valence-electron chi connectivity index (χ2n) is 5.39. The summed E-state index contributed by atoms with van der Waals surface area (Å²) in [6.07, 6.45) is 0.610. The van der Waals surface area contributed by atoms with Crippen molar-refractivity contribution in [3.63, 3.8) is 0 Å². The van der Waals surface area contributed by atoms with Crippen LogP contribution >= 0.6 is 23.1 Å². The Morgan fingerprint density at radius 2 is 2.35 bits per heavy atom. The zero-order valence-electron chi connectivity index (χ0n) is 12.9. The number of amides is 3. The van der Waals surface area contributed by atoms with E-state index in [4.69, 9.17) is 4.74 Å². The van der Waals surface area contributed by atoms with Crippen LogP contribution < -0.4 is 5.32 Å². The summed E-state index contributed by atoms with van der Waals surface area (Å²) in [5.74, 6) is 0.896. The van der Waals surface area contributed by atoms with Crippen molar-refractivity contribution >= 4 is 35.2 Å². The molecule has 0 spiro atoms. The molecule has 3 heterocycles. The highest BCUT2D eigenvalue weighted by Gasteiger charge is 2.38. The number of piperazine rings is 1. The summed E-state index contributed by atoms with van der Waals surface area (Å²) in [7, 11) is 0. The van der Waals surface area contributed by atoms with Gasteiger partial charge in [-0.05, 0) is 13.3 Å². The molecule has 2 aliphatic heterocycles. The molecule has 10 heteroatoms. The minimum absolute atomic E-state index is 0.00167. The van der Waals surface area contributed by atoms with Crippen LogP contribution in [0.15, 0.2) is 4.34 Å². The Labute approximate surface area is 142 Å². The fraction of sp³-hybridized carbons (Fsp3) is 0.692. The zero-order chi connectivity index (χ0) is 16.2. The van der Waals surface area contributed by atoms with Crippen molar-refractivity contribution in [1.82, 2.24) is 25.3 Å². The smallest absolute Gasteiger partial charge is 0.410 e. The standard InChI is InChI=1S/C13H19N5O3S2/c1-9-15-16-12(23-9)22-6-2-3-14-11(19)17-4-5-18-10(7-17)8-21-13(18)20/h10H,2-8H2,1H3,(H,14,19)/t10-/m1/s1. The number of nitrogens with zero attached hydrogens (tertiary/aromatic N) is 4. The number of hydrogen-bond acceptors (Lipinski definition) is 7. The molecular formula is C13H19N5O3S2. The highest BCUT2D eigenvalue weighted by molar-refractivity contribution is 8.01. The number of nitrogens with one attached hydrogen (secondary N) is 1.